The molecule has 1 amide bonds. The number of aliphatic hydroxyl groups excluding tert-OH is 1. The van der Waals surface area contributed by atoms with E-state index >= 15 is 0 Å². The minimum absolute atomic E-state index is 0.0490. The van der Waals surface area contributed by atoms with Crippen LogP contribution in [0.25, 0.3) is 0 Å². The van der Waals surface area contributed by atoms with Crippen LogP contribution in [0, 0.1) is 13.8 Å². The Hall–Kier alpha value is -2.42. The summed E-state index contributed by atoms with van der Waals surface area (Å²) in [7, 11) is 0. The molecular weight excluding hydrogens is 442 g/mol. The van der Waals surface area contributed by atoms with Crippen molar-refractivity contribution in [3.05, 3.63) is 47.2 Å². The molecule has 192 valence electrons. The normalized spacial score (nSPS) is 18.7. The van der Waals surface area contributed by atoms with Gasteiger partial charge in [-0.15, -0.1) is 0 Å². The number of hydrogen-bond donors (Lipinski definition) is 1. The van der Waals surface area contributed by atoms with Crippen LogP contribution in [-0.4, -0.2) is 95.7 Å². The van der Waals surface area contributed by atoms with Crippen molar-refractivity contribution >= 4 is 11.6 Å². The van der Waals surface area contributed by atoms with Crippen LogP contribution in [0.5, 0.6) is 0 Å². The highest BCUT2D eigenvalue weighted by Gasteiger charge is 2.26. The summed E-state index contributed by atoms with van der Waals surface area (Å²) in [5, 5.41) is 10.2. The maximum absolute atomic E-state index is 13.0. The molecule has 0 aliphatic carbocycles. The van der Waals surface area contributed by atoms with Crippen molar-refractivity contribution in [2.24, 2.45) is 0 Å². The van der Waals surface area contributed by atoms with Crippen LogP contribution in [0.2, 0.25) is 0 Å². The number of hydrogen-bond acceptors (Lipinski definition) is 7. The van der Waals surface area contributed by atoms with Crippen LogP contribution in [0.15, 0.2) is 28.9 Å². The topological polar surface area (TPSA) is 76.3 Å². The van der Waals surface area contributed by atoms with E-state index in [1.165, 1.54) is 23.1 Å². The van der Waals surface area contributed by atoms with Gasteiger partial charge in [-0.25, -0.2) is 4.98 Å². The van der Waals surface area contributed by atoms with Crippen molar-refractivity contribution in [3.63, 3.8) is 0 Å². The second-order valence-electron chi connectivity index (χ2n) is 10.0. The number of anilines is 1. The van der Waals surface area contributed by atoms with Gasteiger partial charge in [0.15, 0.2) is 5.69 Å². The van der Waals surface area contributed by atoms with E-state index in [9.17, 15) is 9.90 Å². The predicted octanol–water partition coefficient (Wildman–Crippen LogP) is 2.92. The molecule has 35 heavy (non-hydrogen) atoms. The van der Waals surface area contributed by atoms with Crippen molar-refractivity contribution in [2.45, 2.75) is 52.7 Å². The quantitative estimate of drug-likeness (QED) is 0.588. The first kappa shape index (κ1) is 25.7. The van der Waals surface area contributed by atoms with Crippen molar-refractivity contribution in [1.82, 2.24) is 19.7 Å². The third-order valence-electron chi connectivity index (χ3n) is 7.28. The molecule has 8 nitrogen and oxygen atoms in total. The van der Waals surface area contributed by atoms with Gasteiger partial charge >= 0.3 is 0 Å². The van der Waals surface area contributed by atoms with Gasteiger partial charge in [0.05, 0.1) is 12.6 Å². The molecule has 2 aliphatic heterocycles. The minimum atomic E-state index is -0.232. The summed E-state index contributed by atoms with van der Waals surface area (Å²) >= 11 is 0. The van der Waals surface area contributed by atoms with Crippen LogP contribution in [0.4, 0.5) is 5.69 Å². The number of aryl methyl sites for hydroxylation is 2. The Morgan fingerprint density at radius 3 is 2.34 bits per heavy atom. The van der Waals surface area contributed by atoms with Gasteiger partial charge in [0, 0.05) is 64.6 Å². The Morgan fingerprint density at radius 1 is 1.03 bits per heavy atom. The molecule has 0 spiro atoms. The van der Waals surface area contributed by atoms with Crippen LogP contribution in [0.3, 0.4) is 0 Å². The largest absolute Gasteiger partial charge is 0.447 e. The number of carbonyl (C=O) groups is 1. The molecule has 2 aromatic rings. The highest BCUT2D eigenvalue weighted by atomic mass is 16.3. The van der Waals surface area contributed by atoms with Gasteiger partial charge in [0.25, 0.3) is 5.91 Å². The third kappa shape index (κ3) is 6.63. The average Bonchev–Trinajstić information content (AvgIpc) is 3.32. The zero-order valence-corrected chi connectivity index (χ0v) is 21.6. The summed E-state index contributed by atoms with van der Waals surface area (Å²) < 4.78 is 5.67. The van der Waals surface area contributed by atoms with E-state index in [0.717, 1.165) is 65.1 Å². The van der Waals surface area contributed by atoms with E-state index in [0.29, 0.717) is 31.2 Å². The lowest BCUT2D eigenvalue weighted by Crippen LogP contribution is -2.49. The van der Waals surface area contributed by atoms with Gasteiger partial charge in [0.1, 0.15) is 6.26 Å². The SMILES string of the molecule is CCCC[C@@H](O)CN1CCN(Cc2nc(C(=O)N3CCN(c4c(C)cccc4C)CC3)co2)CC1. The molecule has 8 heteroatoms. The number of β-amino-alcohol motifs (C(OH)–C–C–N with tert-alkyl or cyclic N) is 1. The lowest BCUT2D eigenvalue weighted by molar-refractivity contribution is 0.0627. The third-order valence-corrected chi connectivity index (χ3v) is 7.28. The summed E-state index contributed by atoms with van der Waals surface area (Å²) in [5.41, 5.74) is 4.25. The van der Waals surface area contributed by atoms with E-state index < -0.39 is 0 Å². The molecule has 0 unspecified atom stereocenters. The number of para-hydroxylation sites is 1. The Labute approximate surface area is 209 Å². The highest BCUT2D eigenvalue weighted by Crippen LogP contribution is 2.26. The van der Waals surface area contributed by atoms with Gasteiger partial charge in [-0.2, -0.15) is 0 Å². The van der Waals surface area contributed by atoms with E-state index in [1.807, 2.05) is 4.90 Å². The van der Waals surface area contributed by atoms with Gasteiger partial charge in [-0.1, -0.05) is 38.0 Å². The number of amides is 1. The van der Waals surface area contributed by atoms with Crippen molar-refractivity contribution in [1.29, 1.82) is 0 Å². The summed E-state index contributed by atoms with van der Waals surface area (Å²) in [6.07, 6.45) is 4.35. The van der Waals surface area contributed by atoms with Crippen LogP contribution >= 0.6 is 0 Å². The fourth-order valence-corrected chi connectivity index (χ4v) is 5.23. The molecule has 0 bridgehead atoms. The number of aliphatic hydroxyl groups is 1. The smallest absolute Gasteiger partial charge is 0.275 e. The first-order valence-electron chi connectivity index (χ1n) is 13.1. The fraction of sp³-hybridized carbons (Fsp3) is 0.630. The van der Waals surface area contributed by atoms with Crippen LogP contribution in [0.1, 0.15) is 53.7 Å². The van der Waals surface area contributed by atoms with E-state index in [1.54, 1.807) is 0 Å². The van der Waals surface area contributed by atoms with Crippen molar-refractivity contribution in [3.8, 4) is 0 Å². The van der Waals surface area contributed by atoms with Gasteiger partial charge < -0.3 is 19.3 Å². The minimum Gasteiger partial charge on any atom is -0.447 e. The lowest BCUT2D eigenvalue weighted by Gasteiger charge is -2.37. The first-order valence-corrected chi connectivity index (χ1v) is 13.1. The molecule has 2 saturated heterocycles. The number of rotatable bonds is 9. The zero-order chi connectivity index (χ0) is 24.8. The standard InChI is InChI=1S/C27H41N5O3/c1-4-5-9-23(33)18-29-10-12-30(13-11-29)19-25-28-24(20-35-25)27(34)32-16-14-31(15-17-32)26-21(2)7-6-8-22(26)3/h6-8,20,23,33H,4-5,9-19H2,1-3H3/t23-/m1/s1. The Balaban J connectivity index is 1.23. The number of benzene rings is 1. The van der Waals surface area contributed by atoms with E-state index in [2.05, 4.69) is 58.7 Å². The maximum atomic E-state index is 13.0. The molecule has 0 saturated carbocycles. The highest BCUT2D eigenvalue weighted by molar-refractivity contribution is 5.92. The summed E-state index contributed by atoms with van der Waals surface area (Å²) in [5.74, 6) is 0.547. The molecule has 2 aliphatic rings. The Bertz CT molecular complexity index is 941. The van der Waals surface area contributed by atoms with Gasteiger partial charge in [-0.05, 0) is 31.4 Å². The Kier molecular flexibility index (Phi) is 8.81. The fourth-order valence-electron chi connectivity index (χ4n) is 5.23. The molecule has 2 fully saturated rings. The van der Waals surface area contributed by atoms with Gasteiger partial charge in [0.2, 0.25) is 5.89 Å². The van der Waals surface area contributed by atoms with E-state index in [-0.39, 0.29) is 12.0 Å². The molecule has 1 N–H and O–H groups in total. The molecule has 1 atom stereocenters. The monoisotopic (exact) mass is 483 g/mol. The second-order valence-corrected chi connectivity index (χ2v) is 10.0. The molecule has 0 radical (unpaired) electrons. The van der Waals surface area contributed by atoms with Crippen LogP contribution in [-0.2, 0) is 6.54 Å². The second kappa shape index (κ2) is 12.0. The van der Waals surface area contributed by atoms with Crippen molar-refractivity contribution < 1.29 is 14.3 Å². The van der Waals surface area contributed by atoms with Gasteiger partial charge in [-0.3, -0.25) is 14.6 Å². The molecule has 1 aromatic heterocycles. The summed E-state index contributed by atoms with van der Waals surface area (Å²) in [4.78, 5) is 26.5. The van der Waals surface area contributed by atoms with Crippen LogP contribution < -0.4 is 4.90 Å². The average molecular weight is 484 g/mol. The number of oxazole rings is 1. The Morgan fingerprint density at radius 2 is 1.69 bits per heavy atom. The van der Waals surface area contributed by atoms with Crippen molar-refractivity contribution in [2.75, 3.05) is 63.8 Å². The molecular formula is C27H41N5O3. The molecule has 4 rings (SSSR count). The molecule has 3 heterocycles. The number of carbonyl (C=O) groups excluding carboxylic acids is 1. The predicted molar refractivity (Wildman–Crippen MR) is 138 cm³/mol. The number of unbranched alkanes of at least 4 members (excludes halogenated alkanes) is 1. The number of aromatic nitrogens is 1. The number of nitrogens with zero attached hydrogens (tertiary/aromatic N) is 5. The molecule has 1 aromatic carbocycles. The maximum Gasteiger partial charge on any atom is 0.275 e. The summed E-state index contributed by atoms with van der Waals surface area (Å²) in [6.45, 7) is 14.5. The first-order chi connectivity index (χ1) is 16.9. The zero-order valence-electron chi connectivity index (χ0n) is 21.6. The summed E-state index contributed by atoms with van der Waals surface area (Å²) in [6, 6.07) is 6.39. The van der Waals surface area contributed by atoms with E-state index in [4.69, 9.17) is 4.42 Å². The lowest BCUT2D eigenvalue weighted by atomic mass is 10.1. The number of piperazine rings is 2.